The van der Waals surface area contributed by atoms with Gasteiger partial charge in [0.15, 0.2) is 0 Å². The largest absolute Gasteiger partial charge is 0.0622 e. The molecule has 0 radical (unpaired) electrons. The molecule has 196 valence electrons. The first-order valence-corrected chi connectivity index (χ1v) is 14.8. The van der Waals surface area contributed by atoms with Crippen LogP contribution < -0.4 is 0 Å². The topological polar surface area (TPSA) is 0 Å². The summed E-state index contributed by atoms with van der Waals surface area (Å²) in [5.41, 5.74) is 13.2. The number of hydrogen-bond donors (Lipinski definition) is 0. The van der Waals surface area contributed by atoms with Crippen LogP contribution in [0.3, 0.4) is 0 Å². The Morgan fingerprint density at radius 3 is 1.55 bits per heavy atom. The van der Waals surface area contributed by atoms with Crippen LogP contribution in [-0.2, 0) is 0 Å². The van der Waals surface area contributed by atoms with Crippen molar-refractivity contribution in [2.24, 2.45) is 0 Å². The first-order valence-electron chi connectivity index (χ1n) is 14.8. The van der Waals surface area contributed by atoms with Gasteiger partial charge in [0.2, 0.25) is 0 Å². The van der Waals surface area contributed by atoms with Crippen LogP contribution in [0.2, 0.25) is 0 Å². The molecule has 0 unspecified atom stereocenters. The maximum absolute atomic E-state index is 2.47. The predicted octanol–water partition coefficient (Wildman–Crippen LogP) is 11.9. The van der Waals surface area contributed by atoms with E-state index in [0.29, 0.717) is 0 Å². The first kappa shape index (κ1) is 23.5. The summed E-state index contributed by atoms with van der Waals surface area (Å²) in [7, 11) is 0. The summed E-state index contributed by atoms with van der Waals surface area (Å²) in [6.07, 6.45) is 0. The quantitative estimate of drug-likeness (QED) is 0.194. The van der Waals surface area contributed by atoms with E-state index in [1.165, 1.54) is 98.7 Å². The third-order valence-corrected chi connectivity index (χ3v) is 9.45. The summed E-state index contributed by atoms with van der Waals surface area (Å²) in [4.78, 5) is 0. The van der Waals surface area contributed by atoms with Crippen LogP contribution in [0.1, 0.15) is 11.1 Å². The monoisotopic (exact) mass is 532 g/mol. The van der Waals surface area contributed by atoms with E-state index < -0.39 is 0 Å². The van der Waals surface area contributed by atoms with Crippen molar-refractivity contribution < 1.29 is 0 Å². The molecular formula is C42H28. The lowest BCUT2D eigenvalue weighted by atomic mass is 9.81. The fourth-order valence-electron chi connectivity index (χ4n) is 7.49. The molecule has 1 aliphatic carbocycles. The first-order chi connectivity index (χ1) is 20.7. The lowest BCUT2D eigenvalue weighted by molar-refractivity contribution is 1.37. The van der Waals surface area contributed by atoms with Crippen LogP contribution in [0.15, 0.2) is 133 Å². The molecule has 0 saturated heterocycles. The molecule has 0 heterocycles. The molecule has 0 fully saturated rings. The SMILES string of the molecule is Cc1cc2c(-c3ccccc3)c3c(c(-c4ccccc4)c2cc1C)-c1cc2ccc4ccccc4c2c2cccc-3c12. The second-order valence-corrected chi connectivity index (χ2v) is 11.8. The number of aryl methyl sites for hydroxylation is 2. The molecule has 8 aromatic rings. The van der Waals surface area contributed by atoms with Crippen LogP contribution in [0.25, 0.3) is 87.6 Å². The zero-order valence-electron chi connectivity index (χ0n) is 23.7. The van der Waals surface area contributed by atoms with Gasteiger partial charge in [0.05, 0.1) is 0 Å². The highest BCUT2D eigenvalue weighted by Crippen LogP contribution is 2.59. The summed E-state index contributed by atoms with van der Waals surface area (Å²) >= 11 is 0. The number of rotatable bonds is 2. The van der Waals surface area contributed by atoms with E-state index in [9.17, 15) is 0 Å². The highest BCUT2D eigenvalue weighted by Gasteiger charge is 2.31. The minimum absolute atomic E-state index is 1.26. The van der Waals surface area contributed by atoms with Gasteiger partial charge in [0, 0.05) is 0 Å². The maximum Gasteiger partial charge on any atom is -0.000719 e. The highest BCUT2D eigenvalue weighted by molar-refractivity contribution is 6.33. The second kappa shape index (κ2) is 8.65. The van der Waals surface area contributed by atoms with Gasteiger partial charge in [0.25, 0.3) is 0 Å². The van der Waals surface area contributed by atoms with E-state index in [1.807, 2.05) is 0 Å². The molecule has 0 aromatic heterocycles. The van der Waals surface area contributed by atoms with Gasteiger partial charge in [-0.25, -0.2) is 0 Å². The second-order valence-electron chi connectivity index (χ2n) is 11.8. The Kier molecular flexibility index (Phi) is 4.84. The molecule has 0 aliphatic heterocycles. The fourth-order valence-corrected chi connectivity index (χ4v) is 7.49. The predicted molar refractivity (Wildman–Crippen MR) is 181 cm³/mol. The summed E-state index contributed by atoms with van der Waals surface area (Å²) in [6, 6.07) is 49.7. The Morgan fingerprint density at radius 2 is 0.881 bits per heavy atom. The van der Waals surface area contributed by atoms with Gasteiger partial charge in [-0.3, -0.25) is 0 Å². The molecule has 0 atom stereocenters. The zero-order chi connectivity index (χ0) is 27.9. The van der Waals surface area contributed by atoms with Crippen molar-refractivity contribution in [2.75, 3.05) is 0 Å². The van der Waals surface area contributed by atoms with Gasteiger partial charge in [-0.05, 0) is 119 Å². The van der Waals surface area contributed by atoms with Crippen molar-refractivity contribution in [3.8, 4) is 44.5 Å². The third-order valence-electron chi connectivity index (χ3n) is 9.45. The molecule has 0 amide bonds. The number of hydrogen-bond acceptors (Lipinski definition) is 0. The van der Waals surface area contributed by atoms with Crippen molar-refractivity contribution in [3.63, 3.8) is 0 Å². The fraction of sp³-hybridized carbons (Fsp3) is 0.0476. The van der Waals surface area contributed by atoms with Crippen molar-refractivity contribution >= 4 is 43.1 Å². The highest BCUT2D eigenvalue weighted by atomic mass is 14.3. The van der Waals surface area contributed by atoms with E-state index in [0.717, 1.165) is 0 Å². The molecule has 8 aromatic carbocycles. The summed E-state index contributed by atoms with van der Waals surface area (Å²) in [5.74, 6) is 0. The molecule has 9 rings (SSSR count). The Morgan fingerprint density at radius 1 is 0.333 bits per heavy atom. The van der Waals surface area contributed by atoms with Gasteiger partial charge in [-0.2, -0.15) is 0 Å². The van der Waals surface area contributed by atoms with Crippen LogP contribution in [0.4, 0.5) is 0 Å². The minimum atomic E-state index is 1.26. The van der Waals surface area contributed by atoms with E-state index in [-0.39, 0.29) is 0 Å². The number of benzene rings is 8. The Labute approximate surface area is 245 Å². The summed E-state index contributed by atoms with van der Waals surface area (Å²) in [5, 5.41) is 10.6. The average molecular weight is 533 g/mol. The molecule has 0 saturated carbocycles. The minimum Gasteiger partial charge on any atom is -0.0622 e. The normalized spacial score (nSPS) is 12.0. The van der Waals surface area contributed by atoms with E-state index in [4.69, 9.17) is 0 Å². The van der Waals surface area contributed by atoms with Crippen molar-refractivity contribution in [1.29, 1.82) is 0 Å². The van der Waals surface area contributed by atoms with Gasteiger partial charge >= 0.3 is 0 Å². The van der Waals surface area contributed by atoms with Crippen LogP contribution in [0.5, 0.6) is 0 Å². The van der Waals surface area contributed by atoms with E-state index in [2.05, 4.69) is 147 Å². The standard InChI is InChI=1S/C42H28/c1-25-22-34-35(23-26(25)2)39(29-15-7-4-8-16-29)42-36-24-30-21-20-27-12-9-10-17-31(27)37(30)32-18-11-19-33(40(32)36)41(42)38(34)28-13-5-3-6-14-28/h3-24H,1-2H3. The molecular weight excluding hydrogens is 504 g/mol. The van der Waals surface area contributed by atoms with Crippen molar-refractivity contribution in [2.45, 2.75) is 13.8 Å². The van der Waals surface area contributed by atoms with Gasteiger partial charge in [-0.1, -0.05) is 127 Å². The molecule has 0 N–H and O–H groups in total. The Hall–Kier alpha value is -5.20. The lowest BCUT2D eigenvalue weighted by Gasteiger charge is -2.21. The molecule has 0 nitrogen and oxygen atoms in total. The molecule has 0 heteroatoms. The Bertz CT molecular complexity index is 2390. The van der Waals surface area contributed by atoms with Gasteiger partial charge in [0.1, 0.15) is 0 Å². The molecule has 42 heavy (non-hydrogen) atoms. The van der Waals surface area contributed by atoms with Crippen molar-refractivity contribution in [1.82, 2.24) is 0 Å². The molecule has 1 aliphatic rings. The summed E-state index contributed by atoms with van der Waals surface area (Å²) in [6.45, 7) is 4.49. The van der Waals surface area contributed by atoms with Gasteiger partial charge < -0.3 is 0 Å². The van der Waals surface area contributed by atoms with Crippen LogP contribution in [0, 0.1) is 13.8 Å². The molecule has 0 spiro atoms. The lowest BCUT2D eigenvalue weighted by Crippen LogP contribution is -1.95. The molecule has 0 bridgehead atoms. The van der Waals surface area contributed by atoms with E-state index >= 15 is 0 Å². The average Bonchev–Trinajstić information content (AvgIpc) is 3.35. The van der Waals surface area contributed by atoms with Crippen molar-refractivity contribution in [3.05, 3.63) is 145 Å². The Balaban J connectivity index is 1.57. The zero-order valence-corrected chi connectivity index (χ0v) is 23.7. The summed E-state index contributed by atoms with van der Waals surface area (Å²) < 4.78 is 0. The van der Waals surface area contributed by atoms with Crippen LogP contribution in [-0.4, -0.2) is 0 Å². The van der Waals surface area contributed by atoms with E-state index in [1.54, 1.807) is 0 Å². The maximum atomic E-state index is 2.47. The number of fused-ring (bicyclic) bond motifs is 8. The smallest absolute Gasteiger partial charge is 0.000719 e. The van der Waals surface area contributed by atoms with Gasteiger partial charge in [-0.15, -0.1) is 0 Å². The van der Waals surface area contributed by atoms with Crippen LogP contribution >= 0.6 is 0 Å². The third kappa shape index (κ3) is 3.12.